The Labute approximate surface area is 108 Å². The molecule has 3 rings (SSSR count). The Kier molecular flexibility index (Phi) is 3.37. The van der Waals surface area contributed by atoms with Crippen molar-refractivity contribution >= 4 is 11.0 Å². The monoisotopic (exact) mass is 243 g/mol. The topological polar surface area (TPSA) is 25.2 Å². The molecular weight excluding hydrogens is 222 g/mol. The Bertz CT molecular complexity index is 484. The van der Waals surface area contributed by atoms with Crippen LogP contribution in [0.15, 0.2) is 34.7 Å². The number of para-hydroxylation sites is 1. The normalized spacial score (nSPS) is 23.2. The molecule has 1 heterocycles. The summed E-state index contributed by atoms with van der Waals surface area (Å²) in [4.78, 5) is 0. The lowest BCUT2D eigenvalue weighted by Crippen LogP contribution is -2.33. The summed E-state index contributed by atoms with van der Waals surface area (Å²) in [6.45, 7) is 4.48. The minimum absolute atomic E-state index is 0.627. The molecule has 0 spiro atoms. The van der Waals surface area contributed by atoms with Crippen LogP contribution in [0.4, 0.5) is 0 Å². The third-order valence-corrected chi connectivity index (χ3v) is 4.06. The molecule has 0 saturated heterocycles. The molecule has 2 unspecified atom stereocenters. The van der Waals surface area contributed by atoms with E-state index in [1.54, 1.807) is 0 Å². The van der Waals surface area contributed by atoms with Gasteiger partial charge in [0.2, 0.25) is 0 Å². The molecule has 1 saturated carbocycles. The van der Waals surface area contributed by atoms with E-state index in [1.807, 2.05) is 6.07 Å². The summed E-state index contributed by atoms with van der Waals surface area (Å²) < 4.78 is 5.98. The Morgan fingerprint density at radius 2 is 2.17 bits per heavy atom. The van der Waals surface area contributed by atoms with E-state index < -0.39 is 0 Å². The Balaban J connectivity index is 1.70. The van der Waals surface area contributed by atoms with Gasteiger partial charge in [-0.1, -0.05) is 25.1 Å². The zero-order valence-electron chi connectivity index (χ0n) is 11.0. The predicted molar refractivity (Wildman–Crippen MR) is 74.8 cm³/mol. The first-order chi connectivity index (χ1) is 8.88. The number of furan rings is 1. The number of fused-ring (bicyclic) bond motifs is 1. The first-order valence-corrected chi connectivity index (χ1v) is 7.07. The van der Waals surface area contributed by atoms with Gasteiger partial charge in [0, 0.05) is 11.3 Å². The standard InChI is InChI=1S/C16H21NO/c1-2-9-17-11-13-7-8-14(13)16-10-12-5-3-4-6-15(12)18-16/h3-6,10,13-14,17H,2,7-9,11H2,1H3. The molecule has 2 nitrogen and oxygen atoms in total. The lowest BCUT2D eigenvalue weighted by Gasteiger charge is -2.35. The first-order valence-electron chi connectivity index (χ1n) is 7.07. The van der Waals surface area contributed by atoms with Crippen LogP contribution in [-0.4, -0.2) is 13.1 Å². The predicted octanol–water partition coefficient (Wildman–Crippen LogP) is 3.93. The Morgan fingerprint density at radius 3 is 2.89 bits per heavy atom. The van der Waals surface area contributed by atoms with E-state index in [9.17, 15) is 0 Å². The van der Waals surface area contributed by atoms with Gasteiger partial charge in [0.15, 0.2) is 0 Å². The number of hydrogen-bond donors (Lipinski definition) is 1. The van der Waals surface area contributed by atoms with Crippen LogP contribution in [0.3, 0.4) is 0 Å². The van der Waals surface area contributed by atoms with Crippen molar-refractivity contribution < 1.29 is 4.42 Å². The van der Waals surface area contributed by atoms with E-state index in [0.29, 0.717) is 5.92 Å². The summed E-state index contributed by atoms with van der Waals surface area (Å²) in [5, 5.41) is 4.76. The number of nitrogens with one attached hydrogen (secondary N) is 1. The second-order valence-electron chi connectivity index (χ2n) is 5.33. The fourth-order valence-electron chi connectivity index (χ4n) is 2.84. The summed E-state index contributed by atoms with van der Waals surface area (Å²) in [7, 11) is 0. The minimum atomic E-state index is 0.627. The smallest absolute Gasteiger partial charge is 0.134 e. The molecule has 18 heavy (non-hydrogen) atoms. The van der Waals surface area contributed by atoms with Gasteiger partial charge in [0.25, 0.3) is 0 Å². The van der Waals surface area contributed by atoms with Gasteiger partial charge in [0.05, 0.1) is 0 Å². The number of rotatable bonds is 5. The highest BCUT2D eigenvalue weighted by molar-refractivity contribution is 5.77. The van der Waals surface area contributed by atoms with E-state index in [0.717, 1.165) is 24.6 Å². The van der Waals surface area contributed by atoms with Crippen LogP contribution in [-0.2, 0) is 0 Å². The summed E-state index contributed by atoms with van der Waals surface area (Å²) in [6, 6.07) is 10.5. The molecule has 0 amide bonds. The fourth-order valence-corrected chi connectivity index (χ4v) is 2.84. The highest BCUT2D eigenvalue weighted by Gasteiger charge is 2.33. The number of benzene rings is 1. The molecule has 0 radical (unpaired) electrons. The molecule has 1 fully saturated rings. The molecule has 1 N–H and O–H groups in total. The van der Waals surface area contributed by atoms with Crippen LogP contribution in [0.2, 0.25) is 0 Å². The maximum Gasteiger partial charge on any atom is 0.134 e. The van der Waals surface area contributed by atoms with Crippen LogP contribution in [0.1, 0.15) is 37.9 Å². The third-order valence-electron chi connectivity index (χ3n) is 4.06. The van der Waals surface area contributed by atoms with E-state index in [4.69, 9.17) is 4.42 Å². The summed E-state index contributed by atoms with van der Waals surface area (Å²) >= 11 is 0. The van der Waals surface area contributed by atoms with Crippen molar-refractivity contribution in [3.8, 4) is 0 Å². The average Bonchev–Trinajstić information content (AvgIpc) is 2.76. The molecule has 2 atom stereocenters. The molecule has 1 aromatic heterocycles. The Morgan fingerprint density at radius 1 is 1.28 bits per heavy atom. The summed E-state index contributed by atoms with van der Waals surface area (Å²) in [6.07, 6.45) is 3.82. The van der Waals surface area contributed by atoms with Gasteiger partial charge in [-0.15, -0.1) is 0 Å². The zero-order chi connectivity index (χ0) is 12.4. The molecular formula is C16H21NO. The molecule has 0 aliphatic heterocycles. The Hall–Kier alpha value is -1.28. The first kappa shape index (κ1) is 11.8. The van der Waals surface area contributed by atoms with E-state index in [-0.39, 0.29) is 0 Å². The maximum absolute atomic E-state index is 5.98. The second-order valence-corrected chi connectivity index (χ2v) is 5.33. The van der Waals surface area contributed by atoms with Crippen LogP contribution in [0.25, 0.3) is 11.0 Å². The van der Waals surface area contributed by atoms with Gasteiger partial charge in [0.1, 0.15) is 11.3 Å². The molecule has 1 aliphatic rings. The number of hydrogen-bond acceptors (Lipinski definition) is 2. The van der Waals surface area contributed by atoms with Crippen molar-refractivity contribution in [2.75, 3.05) is 13.1 Å². The van der Waals surface area contributed by atoms with Crippen LogP contribution in [0, 0.1) is 5.92 Å². The second kappa shape index (κ2) is 5.15. The zero-order valence-corrected chi connectivity index (χ0v) is 11.0. The van der Waals surface area contributed by atoms with Crippen molar-refractivity contribution in [1.82, 2.24) is 5.32 Å². The van der Waals surface area contributed by atoms with Crippen LogP contribution < -0.4 is 5.32 Å². The molecule has 0 bridgehead atoms. The van der Waals surface area contributed by atoms with Gasteiger partial charge in [-0.25, -0.2) is 0 Å². The van der Waals surface area contributed by atoms with Crippen molar-refractivity contribution in [3.05, 3.63) is 36.1 Å². The van der Waals surface area contributed by atoms with E-state index in [2.05, 4.69) is 36.5 Å². The highest BCUT2D eigenvalue weighted by atomic mass is 16.3. The average molecular weight is 243 g/mol. The maximum atomic E-state index is 5.98. The van der Waals surface area contributed by atoms with Gasteiger partial charge < -0.3 is 9.73 Å². The van der Waals surface area contributed by atoms with E-state index >= 15 is 0 Å². The molecule has 96 valence electrons. The van der Waals surface area contributed by atoms with Gasteiger partial charge in [-0.2, -0.15) is 0 Å². The quantitative estimate of drug-likeness (QED) is 0.805. The largest absolute Gasteiger partial charge is 0.461 e. The summed E-state index contributed by atoms with van der Waals surface area (Å²) in [5.41, 5.74) is 1.03. The van der Waals surface area contributed by atoms with E-state index in [1.165, 1.54) is 30.4 Å². The fraction of sp³-hybridized carbons (Fsp3) is 0.500. The third kappa shape index (κ3) is 2.17. The molecule has 1 aliphatic carbocycles. The van der Waals surface area contributed by atoms with Gasteiger partial charge in [-0.3, -0.25) is 0 Å². The van der Waals surface area contributed by atoms with Crippen LogP contribution >= 0.6 is 0 Å². The SMILES string of the molecule is CCCNCC1CCC1c1cc2ccccc2o1. The molecule has 1 aromatic carbocycles. The van der Waals surface area contributed by atoms with Crippen molar-refractivity contribution in [1.29, 1.82) is 0 Å². The minimum Gasteiger partial charge on any atom is -0.461 e. The van der Waals surface area contributed by atoms with Crippen molar-refractivity contribution in [2.24, 2.45) is 5.92 Å². The molecule has 2 heteroatoms. The summed E-state index contributed by atoms with van der Waals surface area (Å²) in [5.74, 6) is 2.57. The van der Waals surface area contributed by atoms with Crippen molar-refractivity contribution in [2.45, 2.75) is 32.1 Å². The molecule has 2 aromatic rings. The lowest BCUT2D eigenvalue weighted by atomic mass is 9.72. The van der Waals surface area contributed by atoms with Gasteiger partial charge in [-0.05, 0) is 50.4 Å². The van der Waals surface area contributed by atoms with Crippen LogP contribution in [0.5, 0.6) is 0 Å². The van der Waals surface area contributed by atoms with Gasteiger partial charge >= 0.3 is 0 Å². The van der Waals surface area contributed by atoms with Crippen molar-refractivity contribution in [3.63, 3.8) is 0 Å². The lowest BCUT2D eigenvalue weighted by molar-refractivity contribution is 0.219. The highest BCUT2D eigenvalue weighted by Crippen LogP contribution is 2.43.